The van der Waals surface area contributed by atoms with Crippen molar-refractivity contribution < 1.29 is 14.7 Å². The Morgan fingerprint density at radius 2 is 1.92 bits per heavy atom. The van der Waals surface area contributed by atoms with Crippen LogP contribution in [0.25, 0.3) is 0 Å². The summed E-state index contributed by atoms with van der Waals surface area (Å²) in [5, 5.41) is 13.1. The molecule has 0 radical (unpaired) electrons. The molecule has 1 fully saturated rings. The fourth-order valence-electron chi connectivity index (χ4n) is 3.66. The van der Waals surface area contributed by atoms with E-state index in [0.717, 1.165) is 24.4 Å². The van der Waals surface area contributed by atoms with E-state index in [1.54, 1.807) is 0 Å². The van der Waals surface area contributed by atoms with Gasteiger partial charge in [0.1, 0.15) is 6.04 Å². The van der Waals surface area contributed by atoms with E-state index in [4.69, 9.17) is 0 Å². The van der Waals surface area contributed by atoms with Crippen molar-refractivity contribution in [2.75, 3.05) is 19.6 Å². The van der Waals surface area contributed by atoms with Crippen LogP contribution in [0.3, 0.4) is 0 Å². The van der Waals surface area contributed by atoms with E-state index < -0.39 is 18.2 Å². The SMILES string of the molecule is CC(C)CC1NC(=O)N(CC(O)CN2CCc3ccccc3C2)C1=O. The van der Waals surface area contributed by atoms with Crippen molar-refractivity contribution in [2.45, 2.75) is 45.4 Å². The van der Waals surface area contributed by atoms with Crippen molar-refractivity contribution in [1.29, 1.82) is 0 Å². The zero-order chi connectivity index (χ0) is 18.0. The summed E-state index contributed by atoms with van der Waals surface area (Å²) in [7, 11) is 0. The van der Waals surface area contributed by atoms with Crippen molar-refractivity contribution in [2.24, 2.45) is 5.92 Å². The smallest absolute Gasteiger partial charge is 0.324 e. The maximum atomic E-state index is 12.4. The van der Waals surface area contributed by atoms with Crippen LogP contribution in [0.5, 0.6) is 0 Å². The summed E-state index contributed by atoms with van der Waals surface area (Å²) in [6.07, 6.45) is 0.848. The number of rotatable bonds is 6. The molecule has 2 unspecified atom stereocenters. The number of carbonyl (C=O) groups excluding carboxylic acids is 2. The molecule has 0 saturated carbocycles. The first-order chi connectivity index (χ1) is 11.9. The minimum Gasteiger partial charge on any atom is -0.390 e. The van der Waals surface area contributed by atoms with Crippen LogP contribution in [0.1, 0.15) is 31.4 Å². The van der Waals surface area contributed by atoms with Crippen LogP contribution in [-0.4, -0.2) is 58.6 Å². The number of urea groups is 1. The van der Waals surface area contributed by atoms with Gasteiger partial charge in [-0.25, -0.2) is 4.79 Å². The Kier molecular flexibility index (Phi) is 5.39. The van der Waals surface area contributed by atoms with Crippen LogP contribution >= 0.6 is 0 Å². The second-order valence-corrected chi connectivity index (χ2v) is 7.49. The molecule has 1 saturated heterocycles. The van der Waals surface area contributed by atoms with E-state index in [0.29, 0.717) is 18.9 Å². The fraction of sp³-hybridized carbons (Fsp3) is 0.579. The third-order valence-corrected chi connectivity index (χ3v) is 4.89. The number of aliphatic hydroxyl groups excluding tert-OH is 1. The standard InChI is InChI=1S/C19H27N3O3/c1-13(2)9-17-18(24)22(19(25)20-17)12-16(23)11-21-8-7-14-5-3-4-6-15(14)10-21/h3-6,13,16-17,23H,7-12H2,1-2H3,(H,20,25). The van der Waals surface area contributed by atoms with Crippen molar-refractivity contribution >= 4 is 11.9 Å². The van der Waals surface area contributed by atoms with Crippen LogP contribution in [0, 0.1) is 5.92 Å². The second kappa shape index (κ2) is 7.54. The van der Waals surface area contributed by atoms with E-state index in [2.05, 4.69) is 28.4 Å². The molecular formula is C19H27N3O3. The molecule has 2 aliphatic heterocycles. The lowest BCUT2D eigenvalue weighted by molar-refractivity contribution is -0.128. The molecule has 0 spiro atoms. The predicted octanol–water partition coefficient (Wildman–Crippen LogP) is 1.37. The first kappa shape index (κ1) is 17.9. The highest BCUT2D eigenvalue weighted by Crippen LogP contribution is 2.19. The van der Waals surface area contributed by atoms with E-state index in [-0.39, 0.29) is 12.5 Å². The first-order valence-electron chi connectivity index (χ1n) is 9.03. The molecule has 1 aromatic carbocycles. The summed E-state index contributed by atoms with van der Waals surface area (Å²) in [5.74, 6) is 0.106. The summed E-state index contributed by atoms with van der Waals surface area (Å²) in [6.45, 7) is 6.22. The van der Waals surface area contributed by atoms with Gasteiger partial charge < -0.3 is 10.4 Å². The number of nitrogens with zero attached hydrogens (tertiary/aromatic N) is 2. The molecule has 6 heteroatoms. The van der Waals surface area contributed by atoms with Crippen LogP contribution in [0.2, 0.25) is 0 Å². The van der Waals surface area contributed by atoms with Gasteiger partial charge in [0.05, 0.1) is 12.6 Å². The first-order valence-corrected chi connectivity index (χ1v) is 9.03. The largest absolute Gasteiger partial charge is 0.390 e. The minimum atomic E-state index is -0.738. The molecule has 0 aromatic heterocycles. The zero-order valence-corrected chi connectivity index (χ0v) is 14.9. The molecule has 2 N–H and O–H groups in total. The van der Waals surface area contributed by atoms with Crippen molar-refractivity contribution in [3.63, 3.8) is 0 Å². The Bertz CT molecular complexity index is 647. The Morgan fingerprint density at radius 3 is 2.64 bits per heavy atom. The van der Waals surface area contributed by atoms with Gasteiger partial charge in [-0.3, -0.25) is 14.6 Å². The third-order valence-electron chi connectivity index (χ3n) is 4.89. The molecule has 0 aliphatic carbocycles. The summed E-state index contributed by atoms with van der Waals surface area (Å²) in [5.41, 5.74) is 2.65. The zero-order valence-electron chi connectivity index (χ0n) is 14.9. The number of amides is 3. The quantitative estimate of drug-likeness (QED) is 0.764. The Hall–Kier alpha value is -1.92. The minimum absolute atomic E-state index is 0.0530. The van der Waals surface area contributed by atoms with Gasteiger partial charge in [-0.2, -0.15) is 0 Å². The predicted molar refractivity (Wildman–Crippen MR) is 94.9 cm³/mol. The highest BCUT2D eigenvalue weighted by atomic mass is 16.3. The molecule has 25 heavy (non-hydrogen) atoms. The van der Waals surface area contributed by atoms with Crippen molar-refractivity contribution in [3.8, 4) is 0 Å². The highest BCUT2D eigenvalue weighted by Gasteiger charge is 2.39. The van der Waals surface area contributed by atoms with Gasteiger partial charge in [0.25, 0.3) is 5.91 Å². The monoisotopic (exact) mass is 345 g/mol. The molecule has 0 bridgehead atoms. The van der Waals surface area contributed by atoms with Gasteiger partial charge in [-0.1, -0.05) is 38.1 Å². The van der Waals surface area contributed by atoms with Crippen LogP contribution in [0.15, 0.2) is 24.3 Å². The fourth-order valence-corrected chi connectivity index (χ4v) is 3.66. The normalized spacial score (nSPS) is 22.2. The van der Waals surface area contributed by atoms with Crippen LogP contribution < -0.4 is 5.32 Å². The van der Waals surface area contributed by atoms with Crippen LogP contribution in [-0.2, 0) is 17.8 Å². The number of imide groups is 1. The molecule has 3 rings (SSSR count). The Morgan fingerprint density at radius 1 is 1.20 bits per heavy atom. The van der Waals surface area contributed by atoms with E-state index >= 15 is 0 Å². The van der Waals surface area contributed by atoms with Gasteiger partial charge in [0, 0.05) is 19.6 Å². The van der Waals surface area contributed by atoms with Gasteiger partial charge in [-0.05, 0) is 29.9 Å². The summed E-state index contributed by atoms with van der Waals surface area (Å²) < 4.78 is 0. The lowest BCUT2D eigenvalue weighted by atomic mass is 10.00. The van der Waals surface area contributed by atoms with Gasteiger partial charge in [0.2, 0.25) is 0 Å². The number of fused-ring (bicyclic) bond motifs is 1. The highest BCUT2D eigenvalue weighted by molar-refractivity contribution is 6.04. The number of benzene rings is 1. The van der Waals surface area contributed by atoms with E-state index in [1.807, 2.05) is 19.9 Å². The average Bonchev–Trinajstić information content (AvgIpc) is 2.81. The molecule has 2 heterocycles. The van der Waals surface area contributed by atoms with Gasteiger partial charge >= 0.3 is 6.03 Å². The number of β-amino-alcohol motifs (C(OH)–C–C–N with tert-alkyl or cyclic N) is 1. The maximum Gasteiger partial charge on any atom is 0.324 e. The van der Waals surface area contributed by atoms with Crippen molar-refractivity contribution in [3.05, 3.63) is 35.4 Å². The number of hydrogen-bond donors (Lipinski definition) is 2. The van der Waals surface area contributed by atoms with Crippen LogP contribution in [0.4, 0.5) is 4.79 Å². The lowest BCUT2D eigenvalue weighted by Gasteiger charge is -2.31. The van der Waals surface area contributed by atoms with Gasteiger partial charge in [-0.15, -0.1) is 0 Å². The maximum absolute atomic E-state index is 12.4. The molecule has 1 aromatic rings. The van der Waals surface area contributed by atoms with Gasteiger partial charge in [0.15, 0.2) is 0 Å². The molecule has 2 aliphatic rings. The number of hydrogen-bond acceptors (Lipinski definition) is 4. The molecule has 2 atom stereocenters. The molecular weight excluding hydrogens is 318 g/mol. The summed E-state index contributed by atoms with van der Waals surface area (Å²) in [4.78, 5) is 27.7. The average molecular weight is 345 g/mol. The number of nitrogens with one attached hydrogen (secondary N) is 1. The van der Waals surface area contributed by atoms with E-state index in [1.165, 1.54) is 11.1 Å². The second-order valence-electron chi connectivity index (χ2n) is 7.49. The van der Waals surface area contributed by atoms with E-state index in [9.17, 15) is 14.7 Å². The Labute approximate surface area is 148 Å². The molecule has 136 valence electrons. The topological polar surface area (TPSA) is 72.9 Å². The number of aliphatic hydroxyl groups is 1. The molecule has 3 amide bonds. The summed E-state index contributed by atoms with van der Waals surface area (Å²) >= 11 is 0. The third kappa shape index (κ3) is 4.19. The lowest BCUT2D eigenvalue weighted by Crippen LogP contribution is -2.44. The number of carbonyl (C=O) groups is 2. The Balaban J connectivity index is 1.54. The molecule has 6 nitrogen and oxygen atoms in total. The summed E-state index contributed by atoms with van der Waals surface area (Å²) in [6, 6.07) is 7.49. The van der Waals surface area contributed by atoms with Crippen molar-refractivity contribution in [1.82, 2.24) is 15.1 Å².